The van der Waals surface area contributed by atoms with Crippen molar-refractivity contribution in [2.75, 3.05) is 23.3 Å². The smallest absolute Gasteiger partial charge is 0.0617 e. The summed E-state index contributed by atoms with van der Waals surface area (Å²) in [4.78, 5) is 6.95. The number of rotatable bonds is 4. The molecule has 1 aliphatic heterocycles. The standard InChI is InChI=1S/C17H21N3/c1-2-18-15-9-10-19-16(12-15)13-20-11-5-7-14-6-3-4-8-17(14)20/h3-4,6,8-10,12H,2,5,7,11,13H2,1H3,(H,18,19). The molecule has 2 heterocycles. The molecule has 2 aromatic rings. The van der Waals surface area contributed by atoms with Crippen LogP contribution in [0.3, 0.4) is 0 Å². The molecule has 1 aliphatic rings. The van der Waals surface area contributed by atoms with Crippen molar-refractivity contribution in [3.63, 3.8) is 0 Å². The zero-order chi connectivity index (χ0) is 13.8. The van der Waals surface area contributed by atoms with Crippen molar-refractivity contribution in [3.8, 4) is 0 Å². The minimum absolute atomic E-state index is 0.885. The first kappa shape index (κ1) is 13.0. The minimum Gasteiger partial charge on any atom is -0.385 e. The number of pyridine rings is 1. The Labute approximate surface area is 120 Å². The van der Waals surface area contributed by atoms with Gasteiger partial charge in [-0.05, 0) is 43.5 Å². The lowest BCUT2D eigenvalue weighted by atomic mass is 10.0. The number of fused-ring (bicyclic) bond motifs is 1. The Morgan fingerprint density at radius 2 is 2.15 bits per heavy atom. The van der Waals surface area contributed by atoms with E-state index in [-0.39, 0.29) is 0 Å². The van der Waals surface area contributed by atoms with Gasteiger partial charge in [0.25, 0.3) is 0 Å². The van der Waals surface area contributed by atoms with Gasteiger partial charge in [0.05, 0.1) is 12.2 Å². The van der Waals surface area contributed by atoms with Crippen LogP contribution in [-0.4, -0.2) is 18.1 Å². The average molecular weight is 267 g/mol. The molecule has 0 unspecified atom stereocenters. The van der Waals surface area contributed by atoms with E-state index >= 15 is 0 Å². The van der Waals surface area contributed by atoms with Gasteiger partial charge in [0.1, 0.15) is 0 Å². The number of nitrogens with zero attached hydrogens (tertiary/aromatic N) is 2. The minimum atomic E-state index is 0.885. The van der Waals surface area contributed by atoms with E-state index in [2.05, 4.69) is 52.5 Å². The molecule has 0 saturated heterocycles. The van der Waals surface area contributed by atoms with Gasteiger partial charge in [-0.3, -0.25) is 4.98 Å². The molecule has 3 rings (SSSR count). The maximum atomic E-state index is 4.51. The van der Waals surface area contributed by atoms with Crippen LogP contribution in [-0.2, 0) is 13.0 Å². The molecule has 0 amide bonds. The van der Waals surface area contributed by atoms with Crippen LogP contribution in [0.15, 0.2) is 42.6 Å². The predicted octanol–water partition coefficient (Wildman–Crippen LogP) is 3.47. The van der Waals surface area contributed by atoms with E-state index in [9.17, 15) is 0 Å². The zero-order valence-corrected chi connectivity index (χ0v) is 12.0. The molecule has 0 spiro atoms. The maximum Gasteiger partial charge on any atom is 0.0617 e. The second-order valence-electron chi connectivity index (χ2n) is 5.22. The summed E-state index contributed by atoms with van der Waals surface area (Å²) in [5.41, 5.74) is 5.11. The lowest BCUT2D eigenvalue weighted by Crippen LogP contribution is -2.29. The Kier molecular flexibility index (Phi) is 3.86. The van der Waals surface area contributed by atoms with Gasteiger partial charge in [0, 0.05) is 30.7 Å². The number of aryl methyl sites for hydroxylation is 1. The highest BCUT2D eigenvalue weighted by Crippen LogP contribution is 2.27. The summed E-state index contributed by atoms with van der Waals surface area (Å²) in [6, 6.07) is 12.9. The predicted molar refractivity (Wildman–Crippen MR) is 84.2 cm³/mol. The molecule has 104 valence electrons. The van der Waals surface area contributed by atoms with Crippen LogP contribution in [0.2, 0.25) is 0 Å². The van der Waals surface area contributed by atoms with E-state index in [0.717, 1.165) is 31.0 Å². The zero-order valence-electron chi connectivity index (χ0n) is 12.0. The first-order valence-corrected chi connectivity index (χ1v) is 7.38. The highest BCUT2D eigenvalue weighted by molar-refractivity contribution is 5.56. The number of hydrogen-bond donors (Lipinski definition) is 1. The lowest BCUT2D eigenvalue weighted by Gasteiger charge is -2.31. The van der Waals surface area contributed by atoms with Gasteiger partial charge in [-0.15, -0.1) is 0 Å². The molecule has 20 heavy (non-hydrogen) atoms. The third-order valence-corrected chi connectivity index (χ3v) is 3.76. The molecule has 0 saturated carbocycles. The van der Waals surface area contributed by atoms with Gasteiger partial charge >= 0.3 is 0 Å². The second-order valence-corrected chi connectivity index (χ2v) is 5.22. The molecule has 1 aromatic carbocycles. The number of nitrogens with one attached hydrogen (secondary N) is 1. The summed E-state index contributed by atoms with van der Waals surface area (Å²) in [5.74, 6) is 0. The van der Waals surface area contributed by atoms with Crippen molar-refractivity contribution in [3.05, 3.63) is 53.9 Å². The Bertz CT molecular complexity index is 580. The first-order chi connectivity index (χ1) is 9.86. The van der Waals surface area contributed by atoms with Crippen LogP contribution >= 0.6 is 0 Å². The van der Waals surface area contributed by atoms with Crippen molar-refractivity contribution in [1.82, 2.24) is 4.98 Å². The number of hydrogen-bond acceptors (Lipinski definition) is 3. The molecular weight excluding hydrogens is 246 g/mol. The number of aromatic nitrogens is 1. The van der Waals surface area contributed by atoms with Crippen molar-refractivity contribution < 1.29 is 0 Å². The summed E-state index contributed by atoms with van der Waals surface area (Å²) in [6.07, 6.45) is 4.31. The molecule has 0 atom stereocenters. The molecule has 1 aromatic heterocycles. The third-order valence-electron chi connectivity index (χ3n) is 3.76. The largest absolute Gasteiger partial charge is 0.385 e. The van der Waals surface area contributed by atoms with E-state index in [4.69, 9.17) is 0 Å². The van der Waals surface area contributed by atoms with Gasteiger partial charge in [-0.2, -0.15) is 0 Å². The molecule has 3 nitrogen and oxygen atoms in total. The molecule has 3 heteroatoms. The van der Waals surface area contributed by atoms with E-state index in [0.29, 0.717) is 0 Å². The summed E-state index contributed by atoms with van der Waals surface area (Å²) < 4.78 is 0. The lowest BCUT2D eigenvalue weighted by molar-refractivity contribution is 0.684. The normalized spacial score (nSPS) is 13.9. The summed E-state index contributed by atoms with van der Waals surface area (Å²) >= 11 is 0. The third kappa shape index (κ3) is 2.77. The number of para-hydroxylation sites is 1. The monoisotopic (exact) mass is 267 g/mol. The van der Waals surface area contributed by atoms with Crippen molar-refractivity contribution in [2.45, 2.75) is 26.3 Å². The van der Waals surface area contributed by atoms with Crippen LogP contribution in [0.5, 0.6) is 0 Å². The van der Waals surface area contributed by atoms with Crippen molar-refractivity contribution in [1.29, 1.82) is 0 Å². The fraction of sp³-hybridized carbons (Fsp3) is 0.353. The molecule has 0 radical (unpaired) electrons. The summed E-state index contributed by atoms with van der Waals surface area (Å²) in [6.45, 7) is 5.05. The summed E-state index contributed by atoms with van der Waals surface area (Å²) in [5, 5.41) is 3.35. The Balaban J connectivity index is 1.80. The van der Waals surface area contributed by atoms with E-state index in [1.807, 2.05) is 12.3 Å². The fourth-order valence-corrected chi connectivity index (χ4v) is 2.85. The van der Waals surface area contributed by atoms with Gasteiger partial charge in [0.2, 0.25) is 0 Å². The quantitative estimate of drug-likeness (QED) is 0.919. The van der Waals surface area contributed by atoms with Crippen molar-refractivity contribution in [2.24, 2.45) is 0 Å². The van der Waals surface area contributed by atoms with E-state index < -0.39 is 0 Å². The van der Waals surface area contributed by atoms with Crippen LogP contribution in [0.1, 0.15) is 24.6 Å². The maximum absolute atomic E-state index is 4.51. The highest BCUT2D eigenvalue weighted by Gasteiger charge is 2.16. The topological polar surface area (TPSA) is 28.2 Å². The van der Waals surface area contributed by atoms with Crippen LogP contribution in [0, 0.1) is 0 Å². The molecule has 0 aliphatic carbocycles. The Morgan fingerprint density at radius 3 is 3.05 bits per heavy atom. The highest BCUT2D eigenvalue weighted by atomic mass is 15.1. The Morgan fingerprint density at radius 1 is 1.25 bits per heavy atom. The molecule has 1 N–H and O–H groups in total. The molecule has 0 bridgehead atoms. The van der Waals surface area contributed by atoms with Gasteiger partial charge in [0.15, 0.2) is 0 Å². The van der Waals surface area contributed by atoms with Crippen LogP contribution in [0.25, 0.3) is 0 Å². The number of anilines is 2. The molecular formula is C17H21N3. The van der Waals surface area contributed by atoms with Crippen molar-refractivity contribution >= 4 is 11.4 Å². The average Bonchev–Trinajstić information content (AvgIpc) is 2.48. The fourth-order valence-electron chi connectivity index (χ4n) is 2.85. The SMILES string of the molecule is CCNc1ccnc(CN2CCCc3ccccc32)c1. The first-order valence-electron chi connectivity index (χ1n) is 7.38. The van der Waals surface area contributed by atoms with Gasteiger partial charge in [-0.25, -0.2) is 0 Å². The Hall–Kier alpha value is -2.03. The summed E-state index contributed by atoms with van der Waals surface area (Å²) in [7, 11) is 0. The number of benzene rings is 1. The van der Waals surface area contributed by atoms with Gasteiger partial charge in [-0.1, -0.05) is 18.2 Å². The van der Waals surface area contributed by atoms with E-state index in [1.54, 1.807) is 0 Å². The van der Waals surface area contributed by atoms with Crippen LogP contribution in [0.4, 0.5) is 11.4 Å². The van der Waals surface area contributed by atoms with E-state index in [1.165, 1.54) is 24.1 Å². The second kappa shape index (κ2) is 5.95. The van der Waals surface area contributed by atoms with Crippen LogP contribution < -0.4 is 10.2 Å². The van der Waals surface area contributed by atoms with Gasteiger partial charge < -0.3 is 10.2 Å². The molecule has 0 fully saturated rings.